The van der Waals surface area contributed by atoms with E-state index in [0.717, 1.165) is 26.9 Å². The van der Waals surface area contributed by atoms with Crippen molar-refractivity contribution in [3.8, 4) is 11.1 Å². The third-order valence-corrected chi connectivity index (χ3v) is 5.89. The first kappa shape index (κ1) is 21.2. The van der Waals surface area contributed by atoms with Crippen LogP contribution in [0.25, 0.3) is 22.2 Å². The summed E-state index contributed by atoms with van der Waals surface area (Å²) in [6.07, 6.45) is -3.02. The van der Waals surface area contributed by atoms with Crippen LogP contribution in [0.1, 0.15) is 23.9 Å². The van der Waals surface area contributed by atoms with Crippen molar-refractivity contribution in [2.45, 2.75) is 39.0 Å². The van der Waals surface area contributed by atoms with Crippen LogP contribution < -0.4 is 4.90 Å². The van der Waals surface area contributed by atoms with E-state index in [1.165, 1.54) is 15.6 Å². The van der Waals surface area contributed by atoms with Gasteiger partial charge in [0.1, 0.15) is 12.4 Å². The number of anilines is 1. The Morgan fingerprint density at radius 2 is 1.88 bits per heavy atom. The number of alkyl halides is 3. The van der Waals surface area contributed by atoms with Gasteiger partial charge in [-0.2, -0.15) is 23.4 Å². The number of aryl methyl sites for hydroxylation is 2. The maximum absolute atomic E-state index is 13.5. The smallest absolute Gasteiger partial charge is 0.295 e. The van der Waals surface area contributed by atoms with E-state index in [4.69, 9.17) is 0 Å². The number of fused-ring (bicyclic) bond motifs is 2. The maximum Gasteiger partial charge on any atom is 0.410 e. The molecule has 7 nitrogen and oxygen atoms in total. The molecule has 0 N–H and O–H groups in total. The number of amides is 1. The summed E-state index contributed by atoms with van der Waals surface area (Å²) < 4.78 is 42.8. The zero-order valence-electron chi connectivity index (χ0n) is 18.0. The molecule has 10 heteroatoms. The molecule has 1 aromatic carbocycles. The summed E-state index contributed by atoms with van der Waals surface area (Å²) in [5.74, 6) is -0.217. The van der Waals surface area contributed by atoms with Crippen molar-refractivity contribution >= 4 is 22.8 Å². The summed E-state index contributed by atoms with van der Waals surface area (Å²) in [7, 11) is 0. The molecule has 0 bridgehead atoms. The summed E-state index contributed by atoms with van der Waals surface area (Å²) in [6, 6.07) is 11.5. The van der Waals surface area contributed by atoms with Gasteiger partial charge in [-0.05, 0) is 37.5 Å². The molecule has 1 atom stereocenters. The summed E-state index contributed by atoms with van der Waals surface area (Å²) >= 11 is 0. The van der Waals surface area contributed by atoms with Crippen molar-refractivity contribution in [1.29, 1.82) is 0 Å². The molecule has 1 aliphatic heterocycles. The Labute approximate surface area is 187 Å². The lowest BCUT2D eigenvalue weighted by molar-refractivity contribution is -0.173. The molecule has 1 unspecified atom stereocenters. The molecule has 4 aromatic rings. The molecule has 0 spiro atoms. The molecule has 3 aromatic heterocycles. The predicted molar refractivity (Wildman–Crippen MR) is 117 cm³/mol. The van der Waals surface area contributed by atoms with Gasteiger partial charge in [0, 0.05) is 24.2 Å². The Kier molecular flexibility index (Phi) is 4.95. The fourth-order valence-electron chi connectivity index (χ4n) is 4.44. The lowest BCUT2D eigenvalue weighted by atomic mass is 10.0. The van der Waals surface area contributed by atoms with Crippen molar-refractivity contribution in [2.75, 3.05) is 11.4 Å². The molecule has 1 amide bonds. The monoisotopic (exact) mass is 454 g/mol. The van der Waals surface area contributed by atoms with Crippen LogP contribution in [0.2, 0.25) is 0 Å². The number of aromatic nitrogens is 5. The number of hydrogen-bond acceptors (Lipinski definition) is 4. The van der Waals surface area contributed by atoms with Crippen LogP contribution >= 0.6 is 0 Å². The predicted octanol–water partition coefficient (Wildman–Crippen LogP) is 4.45. The molecule has 0 aliphatic carbocycles. The molecular weight excluding hydrogens is 433 g/mol. The van der Waals surface area contributed by atoms with Crippen LogP contribution in [0.3, 0.4) is 0 Å². The molecule has 33 heavy (non-hydrogen) atoms. The van der Waals surface area contributed by atoms with Gasteiger partial charge in [-0.3, -0.25) is 9.69 Å². The first-order valence-corrected chi connectivity index (χ1v) is 10.5. The van der Waals surface area contributed by atoms with Gasteiger partial charge < -0.3 is 0 Å². The maximum atomic E-state index is 13.5. The Hall–Kier alpha value is -3.69. The van der Waals surface area contributed by atoms with E-state index < -0.39 is 12.2 Å². The number of halogens is 3. The van der Waals surface area contributed by atoms with Crippen molar-refractivity contribution in [1.82, 2.24) is 24.5 Å². The molecule has 0 radical (unpaired) electrons. The first-order chi connectivity index (χ1) is 15.7. The van der Waals surface area contributed by atoms with E-state index in [9.17, 15) is 18.0 Å². The van der Waals surface area contributed by atoms with E-state index in [0.29, 0.717) is 11.3 Å². The number of hydrogen-bond donors (Lipinski definition) is 0. The van der Waals surface area contributed by atoms with Gasteiger partial charge in [0.2, 0.25) is 5.91 Å². The largest absolute Gasteiger partial charge is 0.410 e. The van der Waals surface area contributed by atoms with Gasteiger partial charge in [-0.25, -0.2) is 14.3 Å². The molecule has 170 valence electrons. The van der Waals surface area contributed by atoms with Crippen molar-refractivity contribution in [3.63, 3.8) is 0 Å². The van der Waals surface area contributed by atoms with E-state index in [2.05, 4.69) is 15.2 Å². The minimum absolute atomic E-state index is 0.0466. The summed E-state index contributed by atoms with van der Waals surface area (Å²) in [5, 5.41) is 9.38. The molecule has 0 saturated heterocycles. The van der Waals surface area contributed by atoms with Crippen molar-refractivity contribution < 1.29 is 18.0 Å². The molecule has 4 heterocycles. The van der Waals surface area contributed by atoms with Crippen LogP contribution in [0.5, 0.6) is 0 Å². The van der Waals surface area contributed by atoms with Gasteiger partial charge in [0.25, 0.3) is 0 Å². The summed E-state index contributed by atoms with van der Waals surface area (Å²) in [4.78, 5) is 19.0. The second kappa shape index (κ2) is 7.72. The topological polar surface area (TPSA) is 68.8 Å². The number of carbonyl (C=O) groups is 1. The normalized spacial score (nSPS) is 16.3. The summed E-state index contributed by atoms with van der Waals surface area (Å²) in [5.41, 5.74) is 3.66. The Bertz CT molecular complexity index is 1340. The van der Waals surface area contributed by atoms with Crippen molar-refractivity contribution in [3.05, 3.63) is 60.0 Å². The SMILES string of the molecule is Cc1cc2n(n1)C(C(F)(F)F)CCN2C(=O)Cn1nc(C)c2c(-c3ccccc3)ccnc21. The lowest BCUT2D eigenvalue weighted by Crippen LogP contribution is -2.44. The Morgan fingerprint density at radius 3 is 2.61 bits per heavy atom. The third kappa shape index (κ3) is 3.65. The standard InChI is InChI=1S/C23H21F3N6O/c1-14-12-19-30(11-9-18(23(24,25)26)32(19)28-14)20(33)13-31-22-21(15(2)29-31)17(8-10-27-22)16-6-4-3-5-7-16/h3-8,10,12,18H,9,11,13H2,1-2H3. The average molecular weight is 454 g/mol. The second-order valence-corrected chi connectivity index (χ2v) is 8.15. The van der Waals surface area contributed by atoms with Gasteiger partial charge >= 0.3 is 6.18 Å². The average Bonchev–Trinajstić information content (AvgIpc) is 3.32. The number of carbonyl (C=O) groups excluding carboxylic acids is 1. The zero-order chi connectivity index (χ0) is 23.3. The molecule has 0 fully saturated rings. The third-order valence-electron chi connectivity index (χ3n) is 5.89. The number of rotatable bonds is 3. The molecule has 0 saturated carbocycles. The van der Waals surface area contributed by atoms with Crippen LogP contribution in [0.4, 0.5) is 19.0 Å². The number of benzene rings is 1. The minimum atomic E-state index is -4.44. The van der Waals surface area contributed by atoms with Gasteiger partial charge in [-0.15, -0.1) is 0 Å². The van der Waals surface area contributed by atoms with Crippen molar-refractivity contribution in [2.24, 2.45) is 0 Å². The number of pyridine rings is 1. The van der Waals surface area contributed by atoms with E-state index in [1.54, 1.807) is 13.1 Å². The number of nitrogens with zero attached hydrogens (tertiary/aromatic N) is 6. The summed E-state index contributed by atoms with van der Waals surface area (Å²) in [6.45, 7) is 3.27. The van der Waals surface area contributed by atoms with E-state index in [1.807, 2.05) is 43.3 Å². The Morgan fingerprint density at radius 1 is 1.12 bits per heavy atom. The molecule has 1 aliphatic rings. The van der Waals surface area contributed by atoms with Crippen LogP contribution in [0.15, 0.2) is 48.7 Å². The van der Waals surface area contributed by atoms with Crippen LogP contribution in [-0.4, -0.2) is 43.2 Å². The fourth-order valence-corrected chi connectivity index (χ4v) is 4.44. The first-order valence-electron chi connectivity index (χ1n) is 10.5. The zero-order valence-corrected chi connectivity index (χ0v) is 18.0. The lowest BCUT2D eigenvalue weighted by Gasteiger charge is -2.33. The van der Waals surface area contributed by atoms with Crippen LogP contribution in [0, 0.1) is 13.8 Å². The van der Waals surface area contributed by atoms with Gasteiger partial charge in [0.05, 0.1) is 11.4 Å². The quantitative estimate of drug-likeness (QED) is 0.459. The van der Waals surface area contributed by atoms with Crippen LogP contribution in [-0.2, 0) is 11.3 Å². The van der Waals surface area contributed by atoms with E-state index >= 15 is 0 Å². The Balaban J connectivity index is 1.49. The van der Waals surface area contributed by atoms with Gasteiger partial charge in [0.15, 0.2) is 11.7 Å². The van der Waals surface area contributed by atoms with E-state index in [-0.39, 0.29) is 31.2 Å². The second-order valence-electron chi connectivity index (χ2n) is 8.15. The minimum Gasteiger partial charge on any atom is -0.295 e. The van der Waals surface area contributed by atoms with Gasteiger partial charge in [-0.1, -0.05) is 30.3 Å². The highest BCUT2D eigenvalue weighted by Gasteiger charge is 2.46. The fraction of sp³-hybridized carbons (Fsp3) is 0.304. The molecular formula is C23H21F3N6O. The highest BCUT2D eigenvalue weighted by molar-refractivity contribution is 5.97. The highest BCUT2D eigenvalue weighted by Crippen LogP contribution is 2.39. The highest BCUT2D eigenvalue weighted by atomic mass is 19.4. The molecule has 5 rings (SSSR count).